The Bertz CT molecular complexity index is 1580. The number of nitrogens with zero attached hydrogens (tertiary/aromatic N) is 3. The molecule has 0 saturated heterocycles. The minimum atomic E-state index is -0.452. The largest absolute Gasteiger partial charge is 0.472 e. The van der Waals surface area contributed by atoms with Gasteiger partial charge in [-0.15, -0.1) is 0 Å². The van der Waals surface area contributed by atoms with Gasteiger partial charge in [0, 0.05) is 31.1 Å². The molecule has 3 amide bonds. The second kappa shape index (κ2) is 12.9. The number of nitrogens with one attached hydrogen (secondary N) is 1. The van der Waals surface area contributed by atoms with E-state index < -0.39 is 12.1 Å². The van der Waals surface area contributed by atoms with Crippen molar-refractivity contribution in [3.05, 3.63) is 102 Å². The van der Waals surface area contributed by atoms with Crippen LogP contribution in [0, 0.1) is 5.92 Å². The van der Waals surface area contributed by atoms with Crippen molar-refractivity contribution in [1.82, 2.24) is 14.8 Å². The molecule has 0 radical (unpaired) electrons. The number of carbonyl (C=O) groups is 2. The van der Waals surface area contributed by atoms with E-state index in [1.807, 2.05) is 98.8 Å². The van der Waals surface area contributed by atoms with Crippen molar-refractivity contribution in [3.63, 3.8) is 0 Å². The number of amides is 3. The maximum absolute atomic E-state index is 13.7. The summed E-state index contributed by atoms with van der Waals surface area (Å²) in [4.78, 5) is 34.8. The predicted molar refractivity (Wildman–Crippen MR) is 166 cm³/mol. The molecular weight excluding hydrogens is 528 g/mol. The van der Waals surface area contributed by atoms with Crippen molar-refractivity contribution in [1.29, 1.82) is 0 Å². The molecule has 2 heterocycles. The van der Waals surface area contributed by atoms with Crippen molar-refractivity contribution in [2.75, 3.05) is 32.1 Å². The number of rotatable bonds is 7. The Balaban J connectivity index is 1.39. The minimum absolute atomic E-state index is 0.150. The lowest BCUT2D eigenvalue weighted by molar-refractivity contribution is 0.0356. The number of aliphatic hydroxyl groups is 1. The van der Waals surface area contributed by atoms with Crippen molar-refractivity contribution in [3.8, 4) is 5.88 Å². The average molecular weight is 565 g/mol. The molecule has 3 aromatic carbocycles. The van der Waals surface area contributed by atoms with E-state index in [-0.39, 0.29) is 36.9 Å². The third kappa shape index (κ3) is 6.44. The number of likely N-dealkylation sites (N-methyl/N-ethyl adjacent to an activating group) is 1. The van der Waals surface area contributed by atoms with Crippen molar-refractivity contribution < 1.29 is 19.4 Å². The lowest BCUT2D eigenvalue weighted by atomic mass is 10.00. The van der Waals surface area contributed by atoms with Gasteiger partial charge in [-0.2, -0.15) is 0 Å². The van der Waals surface area contributed by atoms with E-state index in [0.717, 1.165) is 27.6 Å². The number of ether oxygens (including phenoxy) is 1. The number of pyridine rings is 1. The highest BCUT2D eigenvalue weighted by atomic mass is 16.5. The van der Waals surface area contributed by atoms with Gasteiger partial charge in [-0.25, -0.2) is 9.78 Å². The van der Waals surface area contributed by atoms with Crippen LogP contribution in [0.1, 0.15) is 35.3 Å². The Morgan fingerprint density at radius 3 is 2.60 bits per heavy atom. The van der Waals surface area contributed by atoms with E-state index >= 15 is 0 Å². The van der Waals surface area contributed by atoms with Crippen LogP contribution in [0.4, 0.5) is 10.5 Å². The van der Waals surface area contributed by atoms with E-state index in [2.05, 4.69) is 10.3 Å². The lowest BCUT2D eigenvalue weighted by Crippen LogP contribution is -2.50. The lowest BCUT2D eigenvalue weighted by Gasteiger charge is -2.37. The molecule has 0 fully saturated rings. The Kier molecular flexibility index (Phi) is 8.83. The maximum atomic E-state index is 13.7. The van der Waals surface area contributed by atoms with Crippen LogP contribution in [0.2, 0.25) is 0 Å². The minimum Gasteiger partial charge on any atom is -0.472 e. The van der Waals surface area contributed by atoms with Crippen molar-refractivity contribution in [2.24, 2.45) is 5.92 Å². The number of aromatic nitrogens is 1. The van der Waals surface area contributed by atoms with Crippen LogP contribution in [0.5, 0.6) is 5.88 Å². The number of hydrogen-bond donors (Lipinski definition) is 2. The van der Waals surface area contributed by atoms with Crippen LogP contribution in [0.15, 0.2) is 85.1 Å². The van der Waals surface area contributed by atoms with Crippen LogP contribution in [-0.2, 0) is 0 Å². The number of carbonyl (C=O) groups excluding carboxylic acids is 2. The summed E-state index contributed by atoms with van der Waals surface area (Å²) in [7, 11) is 1.72. The summed E-state index contributed by atoms with van der Waals surface area (Å²) in [6.07, 6.45) is 5.08. The molecule has 8 nitrogen and oxygen atoms in total. The summed E-state index contributed by atoms with van der Waals surface area (Å²) < 4.78 is 6.37. The first-order chi connectivity index (χ1) is 20.3. The highest BCUT2D eigenvalue weighted by Gasteiger charge is 2.34. The van der Waals surface area contributed by atoms with Gasteiger partial charge in [0.15, 0.2) is 0 Å². The molecule has 3 atom stereocenters. The number of anilines is 1. The van der Waals surface area contributed by atoms with Crippen molar-refractivity contribution >= 4 is 40.6 Å². The molecule has 1 aliphatic rings. The number of fused-ring (bicyclic) bond motifs is 2. The zero-order valence-electron chi connectivity index (χ0n) is 24.1. The molecule has 4 aromatic rings. The zero-order chi connectivity index (χ0) is 29.6. The quantitative estimate of drug-likeness (QED) is 0.296. The predicted octanol–water partition coefficient (Wildman–Crippen LogP) is 5.79. The number of aliphatic hydroxyl groups excluding tert-OH is 1. The summed E-state index contributed by atoms with van der Waals surface area (Å²) in [6, 6.07) is 24.7. The molecule has 2 N–H and O–H groups in total. The first-order valence-corrected chi connectivity index (χ1v) is 14.2. The molecule has 8 heteroatoms. The second-order valence-electron chi connectivity index (χ2n) is 10.8. The first kappa shape index (κ1) is 28.8. The summed E-state index contributed by atoms with van der Waals surface area (Å²) >= 11 is 0. The van der Waals surface area contributed by atoms with E-state index in [1.165, 1.54) is 0 Å². The van der Waals surface area contributed by atoms with Gasteiger partial charge in [0.2, 0.25) is 5.88 Å². The van der Waals surface area contributed by atoms with Crippen molar-refractivity contribution in [2.45, 2.75) is 26.0 Å². The summed E-state index contributed by atoms with van der Waals surface area (Å²) in [5.41, 5.74) is 2.84. The van der Waals surface area contributed by atoms with E-state index in [1.54, 1.807) is 29.1 Å². The highest BCUT2D eigenvalue weighted by molar-refractivity contribution is 6.01. The van der Waals surface area contributed by atoms with Crippen LogP contribution in [0.25, 0.3) is 22.9 Å². The van der Waals surface area contributed by atoms with Gasteiger partial charge in [0.25, 0.3) is 5.91 Å². The fourth-order valence-corrected chi connectivity index (χ4v) is 5.08. The normalized spacial score (nSPS) is 17.7. The standard InChI is InChI=1S/C34H36N4O4/c1-23-20-38(24(2)22-39)33(40)29-18-26(17-16-25-10-5-4-6-11-25)19-35-32(29)42-31(23)21-37(3)34(41)36-30-15-9-13-27-12-7-8-14-28(27)30/h4-19,23-24,31,39H,20-22H2,1-3H3,(H,36,41)/b17-16+/t23-,24+,31-/m0/s1. The second-order valence-corrected chi connectivity index (χ2v) is 10.8. The van der Waals surface area contributed by atoms with E-state index in [0.29, 0.717) is 12.1 Å². The van der Waals surface area contributed by atoms with Gasteiger partial charge in [0.05, 0.1) is 24.9 Å². The Labute approximate surface area is 246 Å². The zero-order valence-corrected chi connectivity index (χ0v) is 24.1. The third-order valence-electron chi connectivity index (χ3n) is 7.64. The molecule has 1 aliphatic heterocycles. The van der Waals surface area contributed by atoms with Gasteiger partial charge >= 0.3 is 6.03 Å². The van der Waals surface area contributed by atoms with Gasteiger partial charge < -0.3 is 25.0 Å². The average Bonchev–Trinajstić information content (AvgIpc) is 3.02. The molecule has 0 spiro atoms. The van der Waals surface area contributed by atoms with Gasteiger partial charge in [-0.3, -0.25) is 4.79 Å². The SMILES string of the molecule is C[C@H](CO)N1C[C@H](C)[C@H](CN(C)C(=O)Nc2cccc3ccccc23)Oc2ncc(/C=C/c3ccccc3)cc2C1=O. The third-order valence-corrected chi connectivity index (χ3v) is 7.64. The molecule has 216 valence electrons. The number of urea groups is 1. The van der Waals surface area contributed by atoms with Gasteiger partial charge in [-0.1, -0.05) is 85.8 Å². The fraction of sp³-hybridized carbons (Fsp3) is 0.265. The summed E-state index contributed by atoms with van der Waals surface area (Å²) in [6.45, 7) is 4.25. The summed E-state index contributed by atoms with van der Waals surface area (Å²) in [5.74, 6) is -0.184. The Morgan fingerprint density at radius 1 is 1.10 bits per heavy atom. The number of hydrogen-bond acceptors (Lipinski definition) is 5. The fourth-order valence-electron chi connectivity index (χ4n) is 5.08. The summed E-state index contributed by atoms with van der Waals surface area (Å²) in [5, 5.41) is 15.0. The molecule has 0 unspecified atom stereocenters. The molecule has 0 bridgehead atoms. The first-order valence-electron chi connectivity index (χ1n) is 14.2. The maximum Gasteiger partial charge on any atom is 0.321 e. The molecular formula is C34H36N4O4. The Hall–Kier alpha value is -4.69. The topological polar surface area (TPSA) is 95.0 Å². The smallest absolute Gasteiger partial charge is 0.321 e. The molecule has 42 heavy (non-hydrogen) atoms. The van der Waals surface area contributed by atoms with Crippen LogP contribution in [0.3, 0.4) is 0 Å². The molecule has 1 aromatic heterocycles. The molecule has 0 aliphatic carbocycles. The van der Waals surface area contributed by atoms with E-state index in [9.17, 15) is 14.7 Å². The molecule has 5 rings (SSSR count). The van der Waals surface area contributed by atoms with E-state index in [4.69, 9.17) is 4.74 Å². The van der Waals surface area contributed by atoms with Crippen LogP contribution in [-0.4, -0.2) is 70.7 Å². The monoisotopic (exact) mass is 564 g/mol. The highest BCUT2D eigenvalue weighted by Crippen LogP contribution is 2.28. The van der Waals surface area contributed by atoms with Gasteiger partial charge in [-0.05, 0) is 35.6 Å². The van der Waals surface area contributed by atoms with Crippen LogP contribution >= 0.6 is 0 Å². The number of benzene rings is 3. The Morgan fingerprint density at radius 2 is 1.81 bits per heavy atom. The van der Waals surface area contributed by atoms with Gasteiger partial charge in [0.1, 0.15) is 11.7 Å². The van der Waals surface area contributed by atoms with Crippen LogP contribution < -0.4 is 10.1 Å². The molecule has 0 saturated carbocycles.